The van der Waals surface area contributed by atoms with Gasteiger partial charge in [0.25, 0.3) is 0 Å². The molecule has 0 N–H and O–H groups in total. The third-order valence-electron chi connectivity index (χ3n) is 2.04. The molecule has 0 heterocycles. The third-order valence-corrected chi connectivity index (χ3v) is 2.04. The van der Waals surface area contributed by atoms with Crippen LogP contribution in [0, 0.1) is 6.92 Å². The molecule has 0 unspecified atom stereocenters. The van der Waals surface area contributed by atoms with Crippen LogP contribution < -0.4 is 0 Å². The predicted molar refractivity (Wildman–Crippen MR) is 56.8 cm³/mol. The molecule has 1 nitrogen and oxygen atoms in total. The Morgan fingerprint density at radius 2 is 1.81 bits per heavy atom. The van der Waals surface area contributed by atoms with Gasteiger partial charge in [0.1, 0.15) is 0 Å². The first-order chi connectivity index (χ1) is 7.45. The number of benzene rings is 1. The van der Waals surface area contributed by atoms with Gasteiger partial charge >= 0.3 is 6.18 Å². The molecule has 0 amide bonds. The largest absolute Gasteiger partial charge is 0.501 e. The zero-order valence-corrected chi connectivity index (χ0v) is 9.14. The van der Waals surface area contributed by atoms with E-state index in [0.29, 0.717) is 0 Å². The average Bonchev–Trinajstić information content (AvgIpc) is 2.19. The highest BCUT2D eigenvalue weighted by molar-refractivity contribution is 5.68. The van der Waals surface area contributed by atoms with Crippen LogP contribution in [0.4, 0.5) is 13.2 Å². The first kappa shape index (κ1) is 12.6. The summed E-state index contributed by atoms with van der Waals surface area (Å²) >= 11 is 0. The molecule has 4 heteroatoms. The first-order valence-electron chi connectivity index (χ1n) is 4.91. The Balaban J connectivity index is 3.07. The summed E-state index contributed by atoms with van der Waals surface area (Å²) < 4.78 is 42.8. The third kappa shape index (κ3) is 3.29. The maximum Gasteiger partial charge on any atom is 0.419 e. The van der Waals surface area contributed by atoms with E-state index < -0.39 is 11.7 Å². The summed E-state index contributed by atoms with van der Waals surface area (Å²) in [6, 6.07) is 6.16. The minimum absolute atomic E-state index is 0.117. The molecule has 0 saturated heterocycles. The molecule has 0 aliphatic heterocycles. The summed E-state index contributed by atoms with van der Waals surface area (Å²) in [4.78, 5) is 0. The van der Waals surface area contributed by atoms with Crippen LogP contribution in [0.1, 0.15) is 18.1 Å². The van der Waals surface area contributed by atoms with Crippen LogP contribution in [0.25, 0.3) is 5.57 Å². The van der Waals surface area contributed by atoms with Crippen molar-refractivity contribution in [1.82, 2.24) is 0 Å². The Bertz CT molecular complexity index is 363. The van der Waals surface area contributed by atoms with Gasteiger partial charge in [0.15, 0.2) is 0 Å². The van der Waals surface area contributed by atoms with Crippen molar-refractivity contribution in [3.63, 3.8) is 0 Å². The second-order valence-corrected chi connectivity index (χ2v) is 3.35. The monoisotopic (exact) mass is 230 g/mol. The van der Waals surface area contributed by atoms with Crippen LogP contribution in [-0.4, -0.2) is 12.8 Å². The number of alkyl halides is 3. The van der Waals surface area contributed by atoms with E-state index in [1.807, 2.05) is 6.92 Å². The van der Waals surface area contributed by atoms with Crippen LogP contribution in [0.15, 0.2) is 30.5 Å². The van der Waals surface area contributed by atoms with Crippen molar-refractivity contribution in [1.29, 1.82) is 0 Å². The van der Waals surface area contributed by atoms with Gasteiger partial charge in [-0.3, -0.25) is 0 Å². The van der Waals surface area contributed by atoms with Gasteiger partial charge in [0, 0.05) is 0 Å². The van der Waals surface area contributed by atoms with Crippen LogP contribution in [0.5, 0.6) is 0 Å². The number of hydrogen-bond acceptors (Lipinski definition) is 1. The van der Waals surface area contributed by atoms with Gasteiger partial charge in [0.05, 0.1) is 18.4 Å². The standard InChI is InChI=1S/C12H13F3O/c1-3-16-8-11(12(13,14)15)10-6-4-9(2)5-7-10/h4-8H,3H2,1-2H3/b11-8+. The quantitative estimate of drug-likeness (QED) is 0.715. The van der Waals surface area contributed by atoms with Gasteiger partial charge in [-0.2, -0.15) is 13.2 Å². The molecule has 1 rings (SSSR count). The molecule has 88 valence electrons. The Hall–Kier alpha value is -1.45. The maximum absolute atomic E-state index is 12.7. The minimum Gasteiger partial charge on any atom is -0.501 e. The van der Waals surface area contributed by atoms with E-state index in [2.05, 4.69) is 0 Å². The zero-order valence-electron chi connectivity index (χ0n) is 9.14. The number of aryl methyl sites for hydroxylation is 1. The SMILES string of the molecule is CCO/C=C(\c1ccc(C)cc1)C(F)(F)F. The summed E-state index contributed by atoms with van der Waals surface area (Å²) in [5.41, 5.74) is 0.280. The molecular weight excluding hydrogens is 217 g/mol. The molecule has 0 bridgehead atoms. The second kappa shape index (κ2) is 5.05. The van der Waals surface area contributed by atoms with Gasteiger partial charge in [0.2, 0.25) is 0 Å². The lowest BCUT2D eigenvalue weighted by Crippen LogP contribution is -2.11. The summed E-state index contributed by atoms with van der Waals surface area (Å²) in [5.74, 6) is 0. The van der Waals surface area contributed by atoms with E-state index in [9.17, 15) is 13.2 Å². The molecule has 0 fully saturated rings. The Kier molecular flexibility index (Phi) is 3.99. The van der Waals surface area contributed by atoms with E-state index in [4.69, 9.17) is 4.74 Å². The van der Waals surface area contributed by atoms with Crippen LogP contribution in [0.2, 0.25) is 0 Å². The normalized spacial score (nSPS) is 12.7. The molecule has 0 spiro atoms. The smallest absolute Gasteiger partial charge is 0.419 e. The molecule has 1 aromatic carbocycles. The molecular formula is C12H13F3O. The molecule has 0 aliphatic rings. The number of halogens is 3. The van der Waals surface area contributed by atoms with Crippen LogP contribution in [0.3, 0.4) is 0 Å². The predicted octanol–water partition coefficient (Wildman–Crippen LogP) is 3.93. The number of hydrogen-bond donors (Lipinski definition) is 0. The second-order valence-electron chi connectivity index (χ2n) is 3.35. The fourth-order valence-corrected chi connectivity index (χ4v) is 1.20. The van der Waals surface area contributed by atoms with E-state index >= 15 is 0 Å². The van der Waals surface area contributed by atoms with Crippen LogP contribution >= 0.6 is 0 Å². The van der Waals surface area contributed by atoms with Crippen molar-refractivity contribution in [2.45, 2.75) is 20.0 Å². The minimum atomic E-state index is -4.40. The lowest BCUT2D eigenvalue weighted by molar-refractivity contribution is -0.0703. The van der Waals surface area contributed by atoms with Crippen molar-refractivity contribution in [2.75, 3.05) is 6.61 Å². The van der Waals surface area contributed by atoms with Crippen LogP contribution in [-0.2, 0) is 4.74 Å². The molecule has 16 heavy (non-hydrogen) atoms. The van der Waals surface area contributed by atoms with Gasteiger partial charge in [-0.05, 0) is 19.4 Å². The molecule has 1 aromatic rings. The van der Waals surface area contributed by atoms with E-state index in [0.717, 1.165) is 11.8 Å². The molecule has 0 atom stereocenters. The summed E-state index contributed by atoms with van der Waals surface area (Å²) in [6.07, 6.45) is -3.63. The summed E-state index contributed by atoms with van der Waals surface area (Å²) in [5, 5.41) is 0. The van der Waals surface area contributed by atoms with Gasteiger partial charge in [-0.1, -0.05) is 29.8 Å². The summed E-state index contributed by atoms with van der Waals surface area (Å²) in [6.45, 7) is 3.67. The molecule has 0 aromatic heterocycles. The van der Waals surface area contributed by atoms with Crippen molar-refractivity contribution in [2.24, 2.45) is 0 Å². The Morgan fingerprint density at radius 1 is 1.25 bits per heavy atom. The van der Waals surface area contributed by atoms with Gasteiger partial charge in [-0.25, -0.2) is 0 Å². The summed E-state index contributed by atoms with van der Waals surface area (Å²) in [7, 11) is 0. The lowest BCUT2D eigenvalue weighted by Gasteiger charge is -2.12. The Morgan fingerprint density at radius 3 is 2.25 bits per heavy atom. The van der Waals surface area contributed by atoms with E-state index in [1.165, 1.54) is 12.1 Å². The van der Waals surface area contributed by atoms with E-state index in [1.54, 1.807) is 19.1 Å². The van der Waals surface area contributed by atoms with Crippen molar-refractivity contribution >= 4 is 5.57 Å². The lowest BCUT2D eigenvalue weighted by atomic mass is 10.1. The number of ether oxygens (including phenoxy) is 1. The van der Waals surface area contributed by atoms with Crippen molar-refractivity contribution in [3.05, 3.63) is 41.7 Å². The zero-order chi connectivity index (χ0) is 12.2. The number of allylic oxidation sites excluding steroid dienone is 1. The highest BCUT2D eigenvalue weighted by Crippen LogP contribution is 2.33. The fourth-order valence-electron chi connectivity index (χ4n) is 1.20. The van der Waals surface area contributed by atoms with E-state index in [-0.39, 0.29) is 12.2 Å². The fraction of sp³-hybridized carbons (Fsp3) is 0.333. The molecule has 0 aliphatic carbocycles. The van der Waals surface area contributed by atoms with Gasteiger partial charge in [-0.15, -0.1) is 0 Å². The molecule has 0 radical (unpaired) electrons. The van der Waals surface area contributed by atoms with Crippen molar-refractivity contribution in [3.8, 4) is 0 Å². The Labute approximate surface area is 92.5 Å². The number of rotatable bonds is 3. The van der Waals surface area contributed by atoms with Crippen molar-refractivity contribution < 1.29 is 17.9 Å². The maximum atomic E-state index is 12.7. The molecule has 0 saturated carbocycles. The average molecular weight is 230 g/mol. The first-order valence-corrected chi connectivity index (χ1v) is 4.91. The highest BCUT2D eigenvalue weighted by atomic mass is 19.4. The highest BCUT2D eigenvalue weighted by Gasteiger charge is 2.35. The topological polar surface area (TPSA) is 9.23 Å². The van der Waals surface area contributed by atoms with Gasteiger partial charge < -0.3 is 4.74 Å².